The minimum atomic E-state index is 0.711. The fourth-order valence-electron chi connectivity index (χ4n) is 2.85. The van der Waals surface area contributed by atoms with Crippen molar-refractivity contribution in [3.63, 3.8) is 0 Å². The molecule has 0 heterocycles. The van der Waals surface area contributed by atoms with Gasteiger partial charge in [-0.15, -0.1) is 11.6 Å². The van der Waals surface area contributed by atoms with Crippen LogP contribution in [0.5, 0.6) is 0 Å². The summed E-state index contributed by atoms with van der Waals surface area (Å²) >= 11 is 5.85. The molecule has 0 spiro atoms. The Balaban J connectivity index is 2.07. The average molecular weight is 252 g/mol. The van der Waals surface area contributed by atoms with Crippen molar-refractivity contribution in [3.05, 3.63) is 35.4 Å². The Morgan fingerprint density at radius 2 is 2.18 bits per heavy atom. The summed E-state index contributed by atoms with van der Waals surface area (Å²) < 4.78 is 0. The van der Waals surface area contributed by atoms with Crippen LogP contribution in [0.3, 0.4) is 0 Å². The molecule has 17 heavy (non-hydrogen) atoms. The summed E-state index contributed by atoms with van der Waals surface area (Å²) in [5.41, 5.74) is 3.14. The minimum absolute atomic E-state index is 0.711. The Morgan fingerprint density at radius 1 is 1.35 bits per heavy atom. The van der Waals surface area contributed by atoms with Gasteiger partial charge < -0.3 is 4.90 Å². The second-order valence-electron chi connectivity index (χ2n) is 4.87. The molecule has 0 saturated carbocycles. The van der Waals surface area contributed by atoms with Crippen LogP contribution in [0, 0.1) is 0 Å². The highest BCUT2D eigenvalue weighted by Crippen LogP contribution is 2.31. The van der Waals surface area contributed by atoms with Crippen molar-refractivity contribution in [2.24, 2.45) is 0 Å². The van der Waals surface area contributed by atoms with Crippen LogP contribution in [-0.4, -0.2) is 30.4 Å². The van der Waals surface area contributed by atoms with E-state index in [9.17, 15) is 0 Å². The summed E-state index contributed by atoms with van der Waals surface area (Å²) in [6, 6.07) is 8.94. The smallest absolute Gasteiger partial charge is 0.0351 e. The van der Waals surface area contributed by atoms with Crippen LogP contribution in [0.4, 0.5) is 0 Å². The van der Waals surface area contributed by atoms with E-state index in [0.29, 0.717) is 5.92 Å². The largest absolute Gasteiger partial charge is 0.302 e. The molecule has 0 amide bonds. The molecule has 1 aromatic rings. The molecular weight excluding hydrogens is 230 g/mol. The second-order valence-corrected chi connectivity index (χ2v) is 5.25. The Kier molecular flexibility index (Phi) is 4.87. The first-order chi connectivity index (χ1) is 8.35. The Morgan fingerprint density at radius 3 is 2.94 bits per heavy atom. The molecule has 1 aliphatic carbocycles. The quantitative estimate of drug-likeness (QED) is 0.722. The van der Waals surface area contributed by atoms with Crippen molar-refractivity contribution < 1.29 is 0 Å². The number of rotatable bonds is 5. The molecule has 0 saturated heterocycles. The van der Waals surface area contributed by atoms with Crippen molar-refractivity contribution in [1.82, 2.24) is 4.90 Å². The van der Waals surface area contributed by atoms with Gasteiger partial charge in [-0.1, -0.05) is 31.2 Å². The third kappa shape index (κ3) is 3.23. The Labute approximate surface area is 110 Å². The highest BCUT2D eigenvalue weighted by atomic mass is 35.5. The zero-order valence-electron chi connectivity index (χ0n) is 10.7. The van der Waals surface area contributed by atoms with Crippen LogP contribution in [-0.2, 0) is 6.42 Å². The van der Waals surface area contributed by atoms with E-state index in [0.717, 1.165) is 19.0 Å². The lowest BCUT2D eigenvalue weighted by atomic mass is 9.82. The number of hydrogen-bond donors (Lipinski definition) is 0. The summed E-state index contributed by atoms with van der Waals surface area (Å²) in [5, 5.41) is 0. The van der Waals surface area contributed by atoms with E-state index in [-0.39, 0.29) is 0 Å². The maximum absolute atomic E-state index is 5.85. The van der Waals surface area contributed by atoms with E-state index in [1.54, 1.807) is 11.1 Å². The zero-order chi connectivity index (χ0) is 12.1. The molecule has 1 aromatic carbocycles. The molecule has 1 atom stereocenters. The lowest BCUT2D eigenvalue weighted by Crippen LogP contribution is -2.31. The highest BCUT2D eigenvalue weighted by molar-refractivity contribution is 6.18. The first kappa shape index (κ1) is 12.9. The predicted octanol–water partition coefficient (Wildman–Crippen LogP) is 3.67. The van der Waals surface area contributed by atoms with Crippen molar-refractivity contribution >= 4 is 11.6 Å². The summed E-state index contributed by atoms with van der Waals surface area (Å²) in [6.45, 7) is 5.50. The van der Waals surface area contributed by atoms with Gasteiger partial charge in [-0.3, -0.25) is 0 Å². The van der Waals surface area contributed by atoms with Crippen LogP contribution in [0.2, 0.25) is 0 Å². The molecule has 2 heteroatoms. The summed E-state index contributed by atoms with van der Waals surface area (Å²) in [6.07, 6.45) is 3.92. The SMILES string of the molecule is CCN(CCCl)CC1CCCc2ccccc21. The molecule has 94 valence electrons. The zero-order valence-corrected chi connectivity index (χ0v) is 11.4. The van der Waals surface area contributed by atoms with Crippen LogP contribution < -0.4 is 0 Å². The highest BCUT2D eigenvalue weighted by Gasteiger charge is 2.21. The van der Waals surface area contributed by atoms with E-state index in [1.165, 1.54) is 25.8 Å². The number of nitrogens with zero attached hydrogens (tertiary/aromatic N) is 1. The summed E-state index contributed by atoms with van der Waals surface area (Å²) in [7, 11) is 0. The topological polar surface area (TPSA) is 3.24 Å². The second kappa shape index (κ2) is 6.42. The number of alkyl halides is 1. The molecular formula is C15H22ClN. The Bertz CT molecular complexity index is 351. The normalized spacial score (nSPS) is 19.4. The van der Waals surface area contributed by atoms with Gasteiger partial charge in [-0.25, -0.2) is 0 Å². The number of halogens is 1. The van der Waals surface area contributed by atoms with Gasteiger partial charge in [0.05, 0.1) is 0 Å². The first-order valence-electron chi connectivity index (χ1n) is 6.71. The fourth-order valence-corrected chi connectivity index (χ4v) is 3.09. The molecule has 0 fully saturated rings. The van der Waals surface area contributed by atoms with Crippen LogP contribution in [0.1, 0.15) is 36.8 Å². The third-order valence-corrected chi connectivity index (χ3v) is 3.99. The van der Waals surface area contributed by atoms with Gasteiger partial charge in [0, 0.05) is 19.0 Å². The fraction of sp³-hybridized carbons (Fsp3) is 0.600. The lowest BCUT2D eigenvalue weighted by Gasteiger charge is -2.30. The maximum atomic E-state index is 5.85. The predicted molar refractivity (Wildman–Crippen MR) is 75.0 cm³/mol. The van der Waals surface area contributed by atoms with Crippen LogP contribution in [0.15, 0.2) is 24.3 Å². The van der Waals surface area contributed by atoms with Gasteiger partial charge in [0.15, 0.2) is 0 Å². The molecule has 1 aliphatic rings. The van der Waals surface area contributed by atoms with Crippen molar-refractivity contribution in [2.75, 3.05) is 25.5 Å². The van der Waals surface area contributed by atoms with Crippen molar-refractivity contribution in [3.8, 4) is 0 Å². The number of benzene rings is 1. The summed E-state index contributed by atoms with van der Waals surface area (Å²) in [4.78, 5) is 2.47. The Hall–Kier alpha value is -0.530. The van der Waals surface area contributed by atoms with E-state index in [1.807, 2.05) is 0 Å². The molecule has 0 radical (unpaired) electrons. The van der Waals surface area contributed by atoms with E-state index in [4.69, 9.17) is 11.6 Å². The standard InChI is InChI=1S/C15H22ClN/c1-2-17(11-10-16)12-14-8-5-7-13-6-3-4-9-15(13)14/h3-4,6,9,14H,2,5,7-8,10-12H2,1H3. The molecule has 0 N–H and O–H groups in total. The average Bonchev–Trinajstić information content (AvgIpc) is 2.38. The van der Waals surface area contributed by atoms with Crippen molar-refractivity contribution in [2.45, 2.75) is 32.1 Å². The van der Waals surface area contributed by atoms with Gasteiger partial charge in [0.2, 0.25) is 0 Å². The van der Waals surface area contributed by atoms with E-state index >= 15 is 0 Å². The molecule has 0 aromatic heterocycles. The van der Waals surface area contributed by atoms with Gasteiger partial charge in [-0.05, 0) is 42.9 Å². The van der Waals surface area contributed by atoms with Gasteiger partial charge in [0.25, 0.3) is 0 Å². The minimum Gasteiger partial charge on any atom is -0.302 e. The molecule has 1 unspecified atom stereocenters. The van der Waals surface area contributed by atoms with Crippen LogP contribution in [0.25, 0.3) is 0 Å². The number of likely N-dealkylation sites (N-methyl/N-ethyl adjacent to an activating group) is 1. The molecule has 1 nitrogen and oxygen atoms in total. The van der Waals surface area contributed by atoms with E-state index < -0.39 is 0 Å². The van der Waals surface area contributed by atoms with Gasteiger partial charge >= 0.3 is 0 Å². The monoisotopic (exact) mass is 251 g/mol. The van der Waals surface area contributed by atoms with Crippen LogP contribution >= 0.6 is 11.6 Å². The van der Waals surface area contributed by atoms with Gasteiger partial charge in [-0.2, -0.15) is 0 Å². The molecule has 0 bridgehead atoms. The summed E-state index contributed by atoms with van der Waals surface area (Å²) in [5.74, 6) is 1.45. The number of aryl methyl sites for hydroxylation is 1. The third-order valence-electron chi connectivity index (χ3n) is 3.82. The number of fused-ring (bicyclic) bond motifs is 1. The molecule has 2 rings (SSSR count). The van der Waals surface area contributed by atoms with E-state index in [2.05, 4.69) is 36.1 Å². The first-order valence-corrected chi connectivity index (χ1v) is 7.24. The lowest BCUT2D eigenvalue weighted by molar-refractivity contribution is 0.274. The van der Waals surface area contributed by atoms with Crippen molar-refractivity contribution in [1.29, 1.82) is 0 Å². The molecule has 0 aliphatic heterocycles. The maximum Gasteiger partial charge on any atom is 0.0351 e. The van der Waals surface area contributed by atoms with Gasteiger partial charge in [0.1, 0.15) is 0 Å². The number of hydrogen-bond acceptors (Lipinski definition) is 1.